The van der Waals surface area contributed by atoms with Gasteiger partial charge in [0.1, 0.15) is 5.82 Å². The predicted molar refractivity (Wildman–Crippen MR) is 168 cm³/mol. The van der Waals surface area contributed by atoms with Crippen LogP contribution in [0.2, 0.25) is 0 Å². The topological polar surface area (TPSA) is 73.8 Å². The highest BCUT2D eigenvalue weighted by Crippen LogP contribution is 2.43. The molecule has 8 heteroatoms. The number of halogens is 1. The lowest BCUT2D eigenvalue weighted by Gasteiger charge is -2.41. The number of aryl methyl sites for hydroxylation is 1. The molecule has 43 heavy (non-hydrogen) atoms. The van der Waals surface area contributed by atoms with Crippen molar-refractivity contribution >= 4 is 11.7 Å². The summed E-state index contributed by atoms with van der Waals surface area (Å²) in [6, 6.07) is 12.1. The average Bonchev–Trinajstić information content (AvgIpc) is 2.92. The molecule has 1 aliphatic heterocycles. The Morgan fingerprint density at radius 3 is 2.37 bits per heavy atom. The van der Waals surface area contributed by atoms with E-state index in [1.54, 1.807) is 12.1 Å². The van der Waals surface area contributed by atoms with E-state index in [9.17, 15) is 9.18 Å². The van der Waals surface area contributed by atoms with Crippen molar-refractivity contribution < 1.29 is 23.4 Å². The van der Waals surface area contributed by atoms with Crippen molar-refractivity contribution in [3.8, 4) is 17.1 Å². The zero-order chi connectivity index (χ0) is 31.4. The molecule has 0 unspecified atom stereocenters. The maximum absolute atomic E-state index is 13.6. The normalized spacial score (nSPS) is 15.8. The van der Waals surface area contributed by atoms with Crippen LogP contribution in [0.25, 0.3) is 11.3 Å². The van der Waals surface area contributed by atoms with Crippen LogP contribution in [0.15, 0.2) is 48.7 Å². The average molecular weight is 592 g/mol. The highest BCUT2D eigenvalue weighted by molar-refractivity contribution is 5.86. The number of hydrogen-bond acceptors (Lipinski definition) is 7. The predicted octanol–water partition coefficient (Wildman–Crippen LogP) is 7.65. The fourth-order valence-corrected chi connectivity index (χ4v) is 5.23. The Morgan fingerprint density at radius 1 is 1.07 bits per heavy atom. The van der Waals surface area contributed by atoms with Crippen LogP contribution in [-0.2, 0) is 20.7 Å². The van der Waals surface area contributed by atoms with Crippen molar-refractivity contribution in [1.29, 1.82) is 0 Å². The first-order valence-electron chi connectivity index (χ1n) is 15.2. The number of rotatable bonds is 10. The summed E-state index contributed by atoms with van der Waals surface area (Å²) in [7, 11) is 0. The van der Waals surface area contributed by atoms with Crippen LogP contribution < -0.4 is 9.64 Å². The number of piperidine rings is 1. The first kappa shape index (κ1) is 32.4. The molecule has 1 aromatic carbocycles. The van der Waals surface area contributed by atoms with E-state index in [4.69, 9.17) is 24.2 Å². The third-order valence-corrected chi connectivity index (χ3v) is 7.57. The zero-order valence-corrected chi connectivity index (χ0v) is 26.9. The molecule has 0 radical (unpaired) electrons. The maximum Gasteiger partial charge on any atom is 0.340 e. The van der Waals surface area contributed by atoms with Gasteiger partial charge >= 0.3 is 5.97 Å². The van der Waals surface area contributed by atoms with Crippen LogP contribution in [0.1, 0.15) is 84.2 Å². The van der Waals surface area contributed by atoms with Crippen LogP contribution in [0.4, 0.5) is 10.1 Å². The van der Waals surface area contributed by atoms with E-state index >= 15 is 0 Å². The fraction of sp³-hybridized carbons (Fsp3) is 0.514. The Morgan fingerprint density at radius 2 is 1.74 bits per heavy atom. The lowest BCUT2D eigenvalue weighted by Crippen LogP contribution is -2.39. The SMILES string of the molecule is Cc1ncc(-c2cccc(OCCc3ccc(F)cc3)n2)c(N2CCC(C)(C)CC2)c1[C@H](OC(C)(C)C)C(=O)OC(C)C. The van der Waals surface area contributed by atoms with Gasteiger partial charge in [-0.15, -0.1) is 0 Å². The lowest BCUT2D eigenvalue weighted by molar-refractivity contribution is -0.171. The van der Waals surface area contributed by atoms with Gasteiger partial charge in [0, 0.05) is 48.6 Å². The Bertz CT molecular complexity index is 1390. The molecular formula is C35H46FN3O4. The number of benzene rings is 1. The second-order valence-electron chi connectivity index (χ2n) is 13.4. The van der Waals surface area contributed by atoms with Crippen molar-refractivity contribution in [3.63, 3.8) is 0 Å². The quantitative estimate of drug-likeness (QED) is 0.224. The molecule has 3 aromatic rings. The Hall–Kier alpha value is -3.52. The molecule has 1 fully saturated rings. The monoisotopic (exact) mass is 591 g/mol. The number of anilines is 1. The summed E-state index contributed by atoms with van der Waals surface area (Å²) >= 11 is 0. The van der Waals surface area contributed by atoms with Crippen LogP contribution >= 0.6 is 0 Å². The van der Waals surface area contributed by atoms with Gasteiger partial charge in [-0.25, -0.2) is 14.2 Å². The lowest BCUT2D eigenvalue weighted by atomic mass is 9.82. The van der Waals surface area contributed by atoms with Crippen molar-refractivity contribution in [3.05, 3.63) is 71.3 Å². The first-order chi connectivity index (χ1) is 20.2. The van der Waals surface area contributed by atoms with E-state index < -0.39 is 17.7 Å². The van der Waals surface area contributed by atoms with E-state index in [2.05, 4.69) is 18.7 Å². The number of ether oxygens (including phenoxy) is 3. The highest BCUT2D eigenvalue weighted by Gasteiger charge is 2.37. The third kappa shape index (κ3) is 8.75. The zero-order valence-electron chi connectivity index (χ0n) is 26.9. The molecule has 1 saturated heterocycles. The summed E-state index contributed by atoms with van der Waals surface area (Å²) < 4.78 is 31.5. The number of hydrogen-bond donors (Lipinski definition) is 0. The van der Waals surface area contributed by atoms with Crippen molar-refractivity contribution in [2.45, 2.75) is 92.5 Å². The van der Waals surface area contributed by atoms with Crippen molar-refractivity contribution in [2.24, 2.45) is 5.41 Å². The van der Waals surface area contributed by atoms with Gasteiger partial charge in [0.15, 0.2) is 6.10 Å². The number of esters is 1. The van der Waals surface area contributed by atoms with Crippen LogP contribution in [0.5, 0.6) is 5.88 Å². The molecular weight excluding hydrogens is 545 g/mol. The minimum atomic E-state index is -0.963. The number of aromatic nitrogens is 2. The molecule has 4 rings (SSSR count). The largest absolute Gasteiger partial charge is 0.477 e. The van der Waals surface area contributed by atoms with E-state index in [0.29, 0.717) is 35.9 Å². The molecule has 2 aromatic heterocycles. The maximum atomic E-state index is 13.6. The highest BCUT2D eigenvalue weighted by atomic mass is 19.1. The molecule has 1 atom stereocenters. The van der Waals surface area contributed by atoms with Gasteiger partial charge in [-0.05, 0) is 83.6 Å². The molecule has 7 nitrogen and oxygen atoms in total. The molecule has 0 bridgehead atoms. The van der Waals surface area contributed by atoms with E-state index in [-0.39, 0.29) is 17.3 Å². The number of carbonyl (C=O) groups is 1. The molecule has 3 heterocycles. The van der Waals surface area contributed by atoms with E-state index in [1.165, 1.54) is 12.1 Å². The molecule has 0 N–H and O–H groups in total. The molecule has 0 aliphatic carbocycles. The van der Waals surface area contributed by atoms with Gasteiger partial charge in [-0.1, -0.05) is 32.0 Å². The summed E-state index contributed by atoms with van der Waals surface area (Å²) in [6.07, 6.45) is 3.22. The Balaban J connectivity index is 1.76. The molecule has 0 spiro atoms. The smallest absolute Gasteiger partial charge is 0.340 e. The van der Waals surface area contributed by atoms with Crippen LogP contribution in [0, 0.1) is 18.2 Å². The second-order valence-corrected chi connectivity index (χ2v) is 13.4. The summed E-state index contributed by atoms with van der Waals surface area (Å²) in [5.74, 6) is -0.212. The summed E-state index contributed by atoms with van der Waals surface area (Å²) in [4.78, 5) is 25.6. The second kappa shape index (κ2) is 13.4. The summed E-state index contributed by atoms with van der Waals surface area (Å²) in [5.41, 5.74) is 4.43. The van der Waals surface area contributed by atoms with Crippen molar-refractivity contribution in [1.82, 2.24) is 9.97 Å². The minimum absolute atomic E-state index is 0.229. The summed E-state index contributed by atoms with van der Waals surface area (Å²) in [5, 5.41) is 0. The third-order valence-electron chi connectivity index (χ3n) is 7.57. The molecule has 232 valence electrons. The van der Waals surface area contributed by atoms with Gasteiger partial charge in [0.2, 0.25) is 5.88 Å². The van der Waals surface area contributed by atoms with E-state index in [0.717, 1.165) is 42.7 Å². The van der Waals surface area contributed by atoms with Gasteiger partial charge in [-0.2, -0.15) is 0 Å². The Labute approximate surface area is 255 Å². The van der Waals surface area contributed by atoms with E-state index in [1.807, 2.05) is 65.9 Å². The van der Waals surface area contributed by atoms with Gasteiger partial charge in [0.25, 0.3) is 0 Å². The number of pyridine rings is 2. The molecule has 0 saturated carbocycles. The molecule has 1 aliphatic rings. The minimum Gasteiger partial charge on any atom is -0.477 e. The first-order valence-corrected chi connectivity index (χ1v) is 15.2. The number of carbonyl (C=O) groups excluding carboxylic acids is 1. The fourth-order valence-electron chi connectivity index (χ4n) is 5.23. The van der Waals surface area contributed by atoms with Gasteiger partial charge in [-0.3, -0.25) is 4.98 Å². The van der Waals surface area contributed by atoms with Crippen LogP contribution in [0.3, 0.4) is 0 Å². The summed E-state index contributed by atoms with van der Waals surface area (Å²) in [6.45, 7) is 18.0. The standard InChI is InChI=1S/C35H46FN3O4/c1-23(2)42-33(40)32(43-34(4,5)6)30-24(3)37-22-27(31(30)39-19-17-35(7,8)18-20-39)28-10-9-11-29(38-28)41-21-16-25-12-14-26(36)15-13-25/h9-15,22-23,32H,16-21H2,1-8H3/t32-/m0/s1. The van der Waals surface area contributed by atoms with Crippen LogP contribution in [-0.4, -0.2) is 47.3 Å². The van der Waals surface area contributed by atoms with Gasteiger partial charge < -0.3 is 19.1 Å². The molecule has 0 amide bonds. The number of nitrogens with zero attached hydrogens (tertiary/aromatic N) is 3. The Kier molecular flexibility index (Phi) is 10.1. The van der Waals surface area contributed by atoms with Gasteiger partial charge in [0.05, 0.1) is 29.7 Å². The van der Waals surface area contributed by atoms with Crippen molar-refractivity contribution in [2.75, 3.05) is 24.6 Å².